The first-order chi connectivity index (χ1) is 9.66. The summed E-state index contributed by atoms with van der Waals surface area (Å²) in [6.45, 7) is 0.507. The van der Waals surface area contributed by atoms with E-state index in [4.69, 9.17) is 5.11 Å². The lowest BCUT2D eigenvalue weighted by atomic mass is 10.2. The number of hydrogen-bond donors (Lipinski definition) is 1. The van der Waals surface area contributed by atoms with Gasteiger partial charge in [0.05, 0.1) is 5.52 Å². The lowest BCUT2D eigenvalue weighted by molar-refractivity contribution is -0.148. The van der Waals surface area contributed by atoms with E-state index >= 15 is 0 Å². The van der Waals surface area contributed by atoms with Crippen LogP contribution in [0.4, 0.5) is 0 Å². The Morgan fingerprint density at radius 3 is 2.86 bits per heavy atom. The number of amides is 1. The largest absolute Gasteiger partial charge is 0.480 e. The van der Waals surface area contributed by atoms with Gasteiger partial charge < -0.3 is 10.0 Å². The van der Waals surface area contributed by atoms with E-state index in [-0.39, 0.29) is 24.9 Å². The minimum absolute atomic E-state index is 0. The number of benzene rings is 1. The number of carboxylic acid groups (broad SMARTS) is 1. The van der Waals surface area contributed by atoms with Gasteiger partial charge in [-0.05, 0) is 25.0 Å². The maximum absolute atomic E-state index is 12.2. The molecule has 8 heteroatoms. The van der Waals surface area contributed by atoms with Crippen molar-refractivity contribution in [3.8, 4) is 0 Å². The molecule has 2 aromatic rings. The van der Waals surface area contributed by atoms with Crippen molar-refractivity contribution in [2.75, 3.05) is 6.54 Å². The Morgan fingerprint density at radius 1 is 1.33 bits per heavy atom. The predicted octanol–water partition coefficient (Wildman–Crippen LogP) is 0.929. The van der Waals surface area contributed by atoms with Crippen LogP contribution >= 0.6 is 12.4 Å². The highest BCUT2D eigenvalue weighted by molar-refractivity contribution is 5.85. The number of likely N-dealkylation sites (tertiary alicyclic amines) is 1. The zero-order valence-electron chi connectivity index (χ0n) is 11.2. The van der Waals surface area contributed by atoms with Crippen molar-refractivity contribution in [2.24, 2.45) is 0 Å². The van der Waals surface area contributed by atoms with Gasteiger partial charge in [0.1, 0.15) is 18.1 Å². The third-order valence-electron chi connectivity index (χ3n) is 3.56. The molecule has 1 aliphatic rings. The summed E-state index contributed by atoms with van der Waals surface area (Å²) in [6, 6.07) is 6.64. The molecule has 1 saturated heterocycles. The molecule has 1 unspecified atom stereocenters. The molecule has 1 N–H and O–H groups in total. The number of aromatic nitrogens is 3. The van der Waals surface area contributed by atoms with Gasteiger partial charge in [0.25, 0.3) is 0 Å². The van der Waals surface area contributed by atoms with Gasteiger partial charge in [-0.15, -0.1) is 17.5 Å². The van der Waals surface area contributed by atoms with Crippen molar-refractivity contribution in [3.05, 3.63) is 24.3 Å². The minimum Gasteiger partial charge on any atom is -0.480 e. The van der Waals surface area contributed by atoms with Gasteiger partial charge in [-0.3, -0.25) is 4.79 Å². The van der Waals surface area contributed by atoms with Crippen LogP contribution in [0.2, 0.25) is 0 Å². The Hall–Kier alpha value is -2.15. The number of carbonyl (C=O) groups excluding carboxylic acids is 1. The van der Waals surface area contributed by atoms with Gasteiger partial charge in [-0.1, -0.05) is 17.3 Å². The number of halogens is 1. The highest BCUT2D eigenvalue weighted by atomic mass is 35.5. The topological polar surface area (TPSA) is 88.3 Å². The summed E-state index contributed by atoms with van der Waals surface area (Å²) in [4.78, 5) is 24.8. The molecule has 1 aromatic heterocycles. The molecule has 7 nitrogen and oxygen atoms in total. The number of hydrogen-bond acceptors (Lipinski definition) is 4. The van der Waals surface area contributed by atoms with E-state index in [0.29, 0.717) is 13.0 Å². The Morgan fingerprint density at radius 2 is 2.10 bits per heavy atom. The van der Waals surface area contributed by atoms with Crippen molar-refractivity contribution in [1.29, 1.82) is 0 Å². The number of aliphatic carboxylic acids is 1. The van der Waals surface area contributed by atoms with Crippen molar-refractivity contribution < 1.29 is 14.7 Å². The van der Waals surface area contributed by atoms with E-state index in [1.165, 1.54) is 9.58 Å². The number of nitrogens with zero attached hydrogens (tertiary/aromatic N) is 4. The first-order valence-electron chi connectivity index (χ1n) is 6.47. The third-order valence-corrected chi connectivity index (χ3v) is 3.56. The van der Waals surface area contributed by atoms with Crippen LogP contribution in [0.1, 0.15) is 12.8 Å². The van der Waals surface area contributed by atoms with Gasteiger partial charge in [0.15, 0.2) is 0 Å². The molecule has 1 atom stereocenters. The highest BCUT2D eigenvalue weighted by Gasteiger charge is 2.34. The maximum Gasteiger partial charge on any atom is 0.326 e. The molecule has 0 aliphatic carbocycles. The van der Waals surface area contributed by atoms with Gasteiger partial charge in [0, 0.05) is 6.54 Å². The van der Waals surface area contributed by atoms with Crippen molar-refractivity contribution in [2.45, 2.75) is 25.4 Å². The average Bonchev–Trinajstić information content (AvgIpc) is 3.06. The summed E-state index contributed by atoms with van der Waals surface area (Å²) < 4.78 is 1.51. The molecule has 0 saturated carbocycles. The number of para-hydroxylation sites is 1. The Labute approximate surface area is 126 Å². The van der Waals surface area contributed by atoms with Gasteiger partial charge in [0.2, 0.25) is 5.91 Å². The van der Waals surface area contributed by atoms with Crippen LogP contribution in [0.15, 0.2) is 24.3 Å². The first kappa shape index (κ1) is 15.2. The average molecular weight is 311 g/mol. The molecule has 2 heterocycles. The maximum atomic E-state index is 12.2. The third kappa shape index (κ3) is 2.82. The van der Waals surface area contributed by atoms with Crippen LogP contribution in [0, 0.1) is 0 Å². The zero-order chi connectivity index (χ0) is 14.1. The zero-order valence-corrected chi connectivity index (χ0v) is 12.0. The molecule has 1 aromatic carbocycles. The van der Waals surface area contributed by atoms with Crippen LogP contribution in [-0.2, 0) is 16.1 Å². The van der Waals surface area contributed by atoms with Crippen LogP contribution in [-0.4, -0.2) is 49.5 Å². The fraction of sp³-hybridized carbons (Fsp3) is 0.385. The van der Waals surface area contributed by atoms with E-state index in [1.54, 1.807) is 0 Å². The molecule has 0 bridgehead atoms. The number of carbonyl (C=O) groups is 2. The standard InChI is InChI=1S/C13H14N4O3.ClH/c18-12(16-7-3-6-11(16)13(19)20)8-17-10-5-2-1-4-9(10)14-15-17;/h1-2,4-5,11H,3,6-8H2,(H,19,20);1H. The number of carboxylic acids is 1. The Balaban J connectivity index is 0.00000161. The summed E-state index contributed by atoms with van der Waals surface area (Å²) in [6.07, 6.45) is 1.24. The van der Waals surface area contributed by atoms with E-state index in [9.17, 15) is 9.59 Å². The number of fused-ring (bicyclic) bond motifs is 1. The Bertz CT molecular complexity index is 672. The summed E-state index contributed by atoms with van der Waals surface area (Å²) in [7, 11) is 0. The monoisotopic (exact) mass is 310 g/mol. The number of rotatable bonds is 3. The summed E-state index contributed by atoms with van der Waals surface area (Å²) in [5.41, 5.74) is 1.49. The summed E-state index contributed by atoms with van der Waals surface area (Å²) >= 11 is 0. The second-order valence-corrected chi connectivity index (χ2v) is 4.82. The minimum atomic E-state index is -0.945. The van der Waals surface area contributed by atoms with Gasteiger partial charge in [-0.2, -0.15) is 0 Å². The van der Waals surface area contributed by atoms with Crippen molar-refractivity contribution >= 4 is 35.3 Å². The fourth-order valence-electron chi connectivity index (χ4n) is 2.58. The lowest BCUT2D eigenvalue weighted by Gasteiger charge is -2.21. The molecule has 1 amide bonds. The quantitative estimate of drug-likeness (QED) is 0.911. The predicted molar refractivity (Wildman–Crippen MR) is 77.1 cm³/mol. The molecule has 1 aliphatic heterocycles. The van der Waals surface area contributed by atoms with E-state index < -0.39 is 12.0 Å². The van der Waals surface area contributed by atoms with Crippen LogP contribution in [0.5, 0.6) is 0 Å². The molecular formula is C13H15ClN4O3. The van der Waals surface area contributed by atoms with Gasteiger partial charge >= 0.3 is 5.97 Å². The molecule has 21 heavy (non-hydrogen) atoms. The normalized spacial score (nSPS) is 17.7. The molecule has 0 spiro atoms. The van der Waals surface area contributed by atoms with Crippen LogP contribution < -0.4 is 0 Å². The first-order valence-corrected chi connectivity index (χ1v) is 6.47. The molecule has 1 fully saturated rings. The Kier molecular flexibility index (Phi) is 4.42. The molecule has 0 radical (unpaired) electrons. The van der Waals surface area contributed by atoms with Crippen molar-refractivity contribution in [3.63, 3.8) is 0 Å². The lowest BCUT2D eigenvalue weighted by Crippen LogP contribution is -2.42. The van der Waals surface area contributed by atoms with Crippen LogP contribution in [0.3, 0.4) is 0 Å². The van der Waals surface area contributed by atoms with Crippen LogP contribution in [0.25, 0.3) is 11.0 Å². The van der Waals surface area contributed by atoms with Crippen molar-refractivity contribution in [1.82, 2.24) is 19.9 Å². The molecular weight excluding hydrogens is 296 g/mol. The van der Waals surface area contributed by atoms with E-state index in [1.807, 2.05) is 24.3 Å². The summed E-state index contributed by atoms with van der Waals surface area (Å²) in [5, 5.41) is 17.0. The van der Waals surface area contributed by atoms with E-state index in [0.717, 1.165) is 17.5 Å². The second-order valence-electron chi connectivity index (χ2n) is 4.82. The van der Waals surface area contributed by atoms with E-state index in [2.05, 4.69) is 10.3 Å². The highest BCUT2D eigenvalue weighted by Crippen LogP contribution is 2.18. The molecule has 112 valence electrons. The SMILES string of the molecule is Cl.O=C(O)C1CCCN1C(=O)Cn1nnc2ccccc21. The summed E-state index contributed by atoms with van der Waals surface area (Å²) in [5.74, 6) is -1.18. The van der Waals surface area contributed by atoms with Gasteiger partial charge in [-0.25, -0.2) is 9.48 Å². The smallest absolute Gasteiger partial charge is 0.326 e. The second kappa shape index (κ2) is 6.09. The fourth-order valence-corrected chi connectivity index (χ4v) is 2.58. The molecule has 3 rings (SSSR count).